The van der Waals surface area contributed by atoms with Gasteiger partial charge in [0.1, 0.15) is 12.7 Å². The lowest BCUT2D eigenvalue weighted by molar-refractivity contribution is -0.273. The van der Waals surface area contributed by atoms with Crippen molar-refractivity contribution in [3.8, 4) is 0 Å². The third-order valence-electron chi connectivity index (χ3n) is 12.2. The zero-order valence-electron chi connectivity index (χ0n) is 23.0. The summed E-state index contributed by atoms with van der Waals surface area (Å²) in [6, 6.07) is 0. The summed E-state index contributed by atoms with van der Waals surface area (Å²) in [6.07, 6.45) is 10.2. The van der Waals surface area contributed by atoms with E-state index in [2.05, 4.69) is 13.8 Å². The van der Waals surface area contributed by atoms with Crippen LogP contribution in [0.25, 0.3) is 0 Å². The summed E-state index contributed by atoms with van der Waals surface area (Å²) in [5.41, 5.74) is 0.461. The SMILES string of the molecule is CO[C@@H]1C[C@H](O[C@H]2CC[C@@]3(C)[C@@H](CC[C@@H]4[C@H]3CC[C@]3(C)[C@@H](C5=CC(=O)OC5)CC[C@]43O)C2)O[C@H](C)[C@H]1O. The Kier molecular flexibility index (Phi) is 6.59. The standard InChI is InChI=1S/C30H46O7/c1-17-27(32)24(34-4)15-26(36-17)37-20-7-10-28(2)19(14-20)5-6-23-22(28)8-11-29(3)21(9-12-30(23,29)33)18-13-25(31)35-16-18/h13,17,19-24,26-27,32-33H,5-12,14-16H2,1-4H3/t17-,19+,20+,21-,22-,23-,24-,26+,27-,28+,29-,30+/m1/s1. The van der Waals surface area contributed by atoms with Crippen LogP contribution in [0.15, 0.2) is 11.6 Å². The zero-order valence-corrected chi connectivity index (χ0v) is 23.0. The predicted octanol–water partition coefficient (Wildman–Crippen LogP) is 4.14. The second-order valence-electron chi connectivity index (χ2n) is 13.6. The molecule has 0 bridgehead atoms. The van der Waals surface area contributed by atoms with Crippen molar-refractivity contribution < 1.29 is 34.0 Å². The number of aliphatic hydroxyl groups is 2. The highest BCUT2D eigenvalue weighted by Crippen LogP contribution is 2.70. The second kappa shape index (κ2) is 9.29. The van der Waals surface area contributed by atoms with E-state index in [9.17, 15) is 15.0 Å². The van der Waals surface area contributed by atoms with Gasteiger partial charge in [0, 0.05) is 25.0 Å². The maximum Gasteiger partial charge on any atom is 0.331 e. The van der Waals surface area contributed by atoms with Gasteiger partial charge in [0.2, 0.25) is 0 Å². The molecule has 0 aromatic rings. The van der Waals surface area contributed by atoms with E-state index in [1.165, 1.54) is 0 Å². The number of carbonyl (C=O) groups excluding carboxylic acids is 1. The molecule has 7 heteroatoms. The number of hydrogen-bond acceptors (Lipinski definition) is 7. The van der Waals surface area contributed by atoms with Crippen molar-refractivity contribution in [1.82, 2.24) is 0 Å². The van der Waals surface area contributed by atoms with E-state index in [0.717, 1.165) is 63.4 Å². The Morgan fingerprint density at radius 1 is 1.03 bits per heavy atom. The molecule has 1 saturated heterocycles. The van der Waals surface area contributed by atoms with Crippen LogP contribution in [0, 0.1) is 34.5 Å². The van der Waals surface area contributed by atoms with E-state index in [0.29, 0.717) is 30.8 Å². The van der Waals surface area contributed by atoms with Crippen LogP contribution >= 0.6 is 0 Å². The van der Waals surface area contributed by atoms with Gasteiger partial charge in [-0.2, -0.15) is 0 Å². The third kappa shape index (κ3) is 3.97. The van der Waals surface area contributed by atoms with Crippen molar-refractivity contribution in [1.29, 1.82) is 0 Å². The Bertz CT molecular complexity index is 935. The van der Waals surface area contributed by atoms with E-state index in [1.54, 1.807) is 13.2 Å². The highest BCUT2D eigenvalue weighted by molar-refractivity contribution is 5.85. The Hall–Kier alpha value is -0.990. The fourth-order valence-electron chi connectivity index (χ4n) is 10.0. The number of methoxy groups -OCH3 is 1. The Morgan fingerprint density at radius 3 is 2.57 bits per heavy atom. The molecule has 4 aliphatic carbocycles. The Balaban J connectivity index is 1.15. The molecule has 12 atom stereocenters. The van der Waals surface area contributed by atoms with Crippen LogP contribution in [-0.2, 0) is 23.7 Å². The van der Waals surface area contributed by atoms with Crippen LogP contribution in [0.5, 0.6) is 0 Å². The second-order valence-corrected chi connectivity index (χ2v) is 13.6. The molecule has 0 unspecified atom stereocenters. The van der Waals surface area contributed by atoms with Gasteiger partial charge in [-0.15, -0.1) is 0 Å². The van der Waals surface area contributed by atoms with Crippen molar-refractivity contribution in [3.63, 3.8) is 0 Å². The van der Waals surface area contributed by atoms with E-state index in [-0.39, 0.29) is 47.3 Å². The molecule has 6 aliphatic rings. The molecule has 0 aromatic carbocycles. The largest absolute Gasteiger partial charge is 0.458 e. The molecule has 0 amide bonds. The number of rotatable bonds is 4. The highest BCUT2D eigenvalue weighted by Gasteiger charge is 2.67. The molecule has 37 heavy (non-hydrogen) atoms. The molecule has 0 aromatic heterocycles. The van der Waals surface area contributed by atoms with Crippen molar-refractivity contribution in [2.75, 3.05) is 13.7 Å². The van der Waals surface area contributed by atoms with Crippen molar-refractivity contribution in [2.24, 2.45) is 34.5 Å². The minimum absolute atomic E-state index is 0.166. The smallest absolute Gasteiger partial charge is 0.331 e. The predicted molar refractivity (Wildman–Crippen MR) is 136 cm³/mol. The summed E-state index contributed by atoms with van der Waals surface area (Å²) in [6.45, 7) is 7.07. The molecular formula is C30H46O7. The highest BCUT2D eigenvalue weighted by atomic mass is 16.7. The molecule has 0 spiro atoms. The molecular weight excluding hydrogens is 472 g/mol. The van der Waals surface area contributed by atoms with Crippen LogP contribution in [0.3, 0.4) is 0 Å². The molecule has 0 radical (unpaired) electrons. The number of hydrogen-bond donors (Lipinski definition) is 2. The number of carbonyl (C=O) groups is 1. The van der Waals surface area contributed by atoms with E-state index in [4.69, 9.17) is 18.9 Å². The molecule has 5 fully saturated rings. The monoisotopic (exact) mass is 518 g/mol. The first kappa shape index (κ1) is 26.2. The summed E-state index contributed by atoms with van der Waals surface area (Å²) in [7, 11) is 1.64. The average Bonchev–Trinajstić information content (AvgIpc) is 3.41. The lowest BCUT2D eigenvalue weighted by Crippen LogP contribution is -2.62. The fraction of sp³-hybridized carbons (Fsp3) is 0.900. The number of fused-ring (bicyclic) bond motifs is 5. The van der Waals surface area contributed by atoms with Gasteiger partial charge < -0.3 is 29.2 Å². The van der Waals surface area contributed by atoms with Gasteiger partial charge in [0.05, 0.1) is 23.9 Å². The first-order chi connectivity index (χ1) is 17.6. The number of ether oxygens (including phenoxy) is 4. The van der Waals surface area contributed by atoms with Crippen LogP contribution in [-0.4, -0.2) is 66.2 Å². The summed E-state index contributed by atoms with van der Waals surface area (Å²) >= 11 is 0. The summed E-state index contributed by atoms with van der Waals surface area (Å²) in [5.74, 6) is 1.45. The molecule has 2 N–H and O–H groups in total. The van der Waals surface area contributed by atoms with Crippen LogP contribution < -0.4 is 0 Å². The first-order valence-corrected chi connectivity index (χ1v) is 14.7. The number of aliphatic hydroxyl groups excluding tert-OH is 1. The van der Waals surface area contributed by atoms with Crippen LogP contribution in [0.4, 0.5) is 0 Å². The lowest BCUT2D eigenvalue weighted by Gasteiger charge is -2.64. The average molecular weight is 519 g/mol. The molecule has 6 rings (SSSR count). The van der Waals surface area contributed by atoms with Crippen LogP contribution in [0.2, 0.25) is 0 Å². The zero-order chi connectivity index (χ0) is 26.2. The van der Waals surface area contributed by atoms with Crippen LogP contribution in [0.1, 0.15) is 85.0 Å². The molecule has 7 nitrogen and oxygen atoms in total. The summed E-state index contributed by atoms with van der Waals surface area (Å²) in [5, 5.41) is 22.7. The normalized spacial score (nSPS) is 53.6. The van der Waals surface area contributed by atoms with Crippen molar-refractivity contribution in [2.45, 2.75) is 121 Å². The van der Waals surface area contributed by atoms with Crippen molar-refractivity contribution in [3.05, 3.63) is 11.6 Å². The van der Waals surface area contributed by atoms with E-state index in [1.807, 2.05) is 6.92 Å². The number of esters is 1. The van der Waals surface area contributed by atoms with Gasteiger partial charge in [-0.1, -0.05) is 13.8 Å². The minimum atomic E-state index is -0.670. The Morgan fingerprint density at radius 2 is 1.84 bits per heavy atom. The van der Waals surface area contributed by atoms with E-state index < -0.39 is 11.7 Å². The van der Waals surface area contributed by atoms with Crippen molar-refractivity contribution >= 4 is 5.97 Å². The van der Waals surface area contributed by atoms with Gasteiger partial charge in [0.25, 0.3) is 0 Å². The maximum atomic E-state index is 12.4. The lowest BCUT2D eigenvalue weighted by atomic mass is 9.43. The number of cyclic esters (lactones) is 1. The minimum Gasteiger partial charge on any atom is -0.458 e. The Labute approximate surface area is 221 Å². The summed E-state index contributed by atoms with van der Waals surface area (Å²) in [4.78, 5) is 11.8. The fourth-order valence-corrected chi connectivity index (χ4v) is 10.0. The quantitative estimate of drug-likeness (QED) is 0.427. The molecule has 2 heterocycles. The molecule has 2 aliphatic heterocycles. The molecule has 208 valence electrons. The first-order valence-electron chi connectivity index (χ1n) is 14.7. The maximum absolute atomic E-state index is 12.4. The molecule has 4 saturated carbocycles. The van der Waals surface area contributed by atoms with E-state index >= 15 is 0 Å². The van der Waals surface area contributed by atoms with Gasteiger partial charge in [0.15, 0.2) is 6.29 Å². The van der Waals surface area contributed by atoms with Gasteiger partial charge >= 0.3 is 5.97 Å². The van der Waals surface area contributed by atoms with Gasteiger partial charge in [-0.05, 0) is 99.4 Å². The van der Waals surface area contributed by atoms with Gasteiger partial charge in [-0.3, -0.25) is 0 Å². The summed E-state index contributed by atoms with van der Waals surface area (Å²) < 4.78 is 23.2. The van der Waals surface area contributed by atoms with Gasteiger partial charge in [-0.25, -0.2) is 4.79 Å². The topological polar surface area (TPSA) is 94.5 Å². The third-order valence-corrected chi connectivity index (χ3v) is 12.2.